The molecule has 2 aromatic rings. The Morgan fingerprint density at radius 3 is 2.53 bits per heavy atom. The molecule has 0 radical (unpaired) electrons. The fourth-order valence-corrected chi connectivity index (χ4v) is 1.71. The van der Waals surface area contributed by atoms with Gasteiger partial charge in [-0.25, -0.2) is 0 Å². The highest BCUT2D eigenvalue weighted by Gasteiger charge is 2.03. The highest BCUT2D eigenvalue weighted by Crippen LogP contribution is 2.28. The summed E-state index contributed by atoms with van der Waals surface area (Å²) in [6, 6.07) is 12.9. The number of hydrogen-bond acceptors (Lipinski definition) is 3. The molecule has 2 N–H and O–H groups in total. The van der Waals surface area contributed by atoms with Gasteiger partial charge in [-0.1, -0.05) is 24.3 Å². The van der Waals surface area contributed by atoms with E-state index in [0.29, 0.717) is 17.0 Å². The Morgan fingerprint density at radius 2 is 1.88 bits per heavy atom. The third kappa shape index (κ3) is 2.28. The highest BCUT2D eigenvalue weighted by molar-refractivity contribution is 5.79. The minimum absolute atomic E-state index is 0.585. The summed E-state index contributed by atoms with van der Waals surface area (Å²) in [5.74, 6) is 0.653. The van der Waals surface area contributed by atoms with Gasteiger partial charge in [0, 0.05) is 5.56 Å². The molecule has 2 rings (SSSR count). The number of carbonyl (C=O) groups excluding carboxylic acids is 1. The number of nitrogens with two attached hydrogens (primary N) is 1. The fraction of sp³-hybridized carbons (Fsp3) is 0.0714. The minimum Gasteiger partial charge on any atom is -0.495 e. The third-order valence-corrected chi connectivity index (χ3v) is 2.59. The third-order valence-electron chi connectivity index (χ3n) is 2.59. The zero-order chi connectivity index (χ0) is 12.3. The van der Waals surface area contributed by atoms with Crippen LogP contribution in [0, 0.1) is 0 Å². The van der Waals surface area contributed by atoms with Gasteiger partial charge in [-0.05, 0) is 29.3 Å². The molecule has 0 unspecified atom stereocenters. The summed E-state index contributed by atoms with van der Waals surface area (Å²) in [6.45, 7) is 0. The van der Waals surface area contributed by atoms with E-state index in [-0.39, 0.29) is 0 Å². The lowest BCUT2D eigenvalue weighted by atomic mass is 10.0. The van der Waals surface area contributed by atoms with Crippen molar-refractivity contribution in [3.63, 3.8) is 0 Å². The van der Waals surface area contributed by atoms with Crippen LogP contribution in [0.1, 0.15) is 10.4 Å². The van der Waals surface area contributed by atoms with E-state index in [1.807, 2.05) is 36.4 Å². The topological polar surface area (TPSA) is 52.3 Å². The van der Waals surface area contributed by atoms with Crippen LogP contribution in [0.25, 0.3) is 11.1 Å². The van der Waals surface area contributed by atoms with Crippen LogP contribution < -0.4 is 10.5 Å². The first-order valence-corrected chi connectivity index (χ1v) is 5.23. The standard InChI is InChI=1S/C14H13NO2/c1-17-14-6-5-12(8-13(14)15)11-4-2-3-10(7-11)9-16/h2-9H,15H2,1H3. The van der Waals surface area contributed by atoms with Gasteiger partial charge in [-0.3, -0.25) is 4.79 Å². The normalized spacial score (nSPS) is 9.94. The van der Waals surface area contributed by atoms with Crippen LogP contribution in [0.4, 0.5) is 5.69 Å². The van der Waals surface area contributed by atoms with Crippen molar-refractivity contribution in [2.45, 2.75) is 0 Å². The molecule has 0 saturated heterocycles. The molecule has 0 atom stereocenters. The van der Waals surface area contributed by atoms with Gasteiger partial charge in [-0.2, -0.15) is 0 Å². The number of ether oxygens (including phenoxy) is 1. The van der Waals surface area contributed by atoms with Gasteiger partial charge < -0.3 is 10.5 Å². The van der Waals surface area contributed by atoms with Crippen LogP contribution in [0.15, 0.2) is 42.5 Å². The lowest BCUT2D eigenvalue weighted by Crippen LogP contribution is -1.92. The number of anilines is 1. The molecule has 0 aliphatic carbocycles. The van der Waals surface area contributed by atoms with Gasteiger partial charge in [0.25, 0.3) is 0 Å². The molecule has 0 fully saturated rings. The van der Waals surface area contributed by atoms with Gasteiger partial charge >= 0.3 is 0 Å². The summed E-state index contributed by atoms with van der Waals surface area (Å²) in [5, 5.41) is 0. The zero-order valence-electron chi connectivity index (χ0n) is 9.51. The van der Waals surface area contributed by atoms with Gasteiger partial charge in [0.15, 0.2) is 0 Å². The Bertz CT molecular complexity index is 550. The molecule has 0 spiro atoms. The summed E-state index contributed by atoms with van der Waals surface area (Å²) >= 11 is 0. The van der Waals surface area contributed by atoms with Crippen molar-refractivity contribution >= 4 is 12.0 Å². The molecule has 3 nitrogen and oxygen atoms in total. The summed E-state index contributed by atoms with van der Waals surface area (Å²) in [7, 11) is 1.58. The maximum absolute atomic E-state index is 10.7. The van der Waals surface area contributed by atoms with Crippen molar-refractivity contribution in [3.05, 3.63) is 48.0 Å². The Balaban J connectivity index is 2.45. The van der Waals surface area contributed by atoms with Crippen molar-refractivity contribution in [3.8, 4) is 16.9 Å². The molecule has 17 heavy (non-hydrogen) atoms. The lowest BCUT2D eigenvalue weighted by molar-refractivity contribution is 0.112. The zero-order valence-corrected chi connectivity index (χ0v) is 9.51. The number of rotatable bonds is 3. The van der Waals surface area contributed by atoms with Gasteiger partial charge in [0.2, 0.25) is 0 Å². The number of nitrogen functional groups attached to an aromatic ring is 1. The van der Waals surface area contributed by atoms with E-state index >= 15 is 0 Å². The molecule has 0 amide bonds. The maximum Gasteiger partial charge on any atom is 0.150 e. The lowest BCUT2D eigenvalue weighted by Gasteiger charge is -2.07. The Kier molecular flexibility index (Phi) is 3.10. The summed E-state index contributed by atoms with van der Waals surface area (Å²) in [6.07, 6.45) is 0.830. The maximum atomic E-state index is 10.7. The van der Waals surface area contributed by atoms with E-state index in [9.17, 15) is 4.79 Å². The molecular weight excluding hydrogens is 214 g/mol. The summed E-state index contributed by atoms with van der Waals surface area (Å²) < 4.78 is 5.10. The molecule has 86 valence electrons. The molecule has 0 aromatic heterocycles. The Hall–Kier alpha value is -2.29. The second kappa shape index (κ2) is 4.70. The average Bonchev–Trinajstić information content (AvgIpc) is 2.38. The largest absolute Gasteiger partial charge is 0.495 e. The number of methoxy groups -OCH3 is 1. The predicted molar refractivity (Wildman–Crippen MR) is 68.2 cm³/mol. The van der Waals surface area contributed by atoms with Crippen LogP contribution in [-0.2, 0) is 0 Å². The van der Waals surface area contributed by atoms with E-state index in [4.69, 9.17) is 10.5 Å². The SMILES string of the molecule is COc1ccc(-c2cccc(C=O)c2)cc1N. The second-order valence-electron chi connectivity index (χ2n) is 3.70. The van der Waals surface area contributed by atoms with Gasteiger partial charge in [0.05, 0.1) is 12.8 Å². The first-order chi connectivity index (χ1) is 8.24. The van der Waals surface area contributed by atoms with E-state index in [1.165, 1.54) is 0 Å². The van der Waals surface area contributed by atoms with Crippen LogP contribution in [0.3, 0.4) is 0 Å². The van der Waals surface area contributed by atoms with Crippen molar-refractivity contribution in [2.75, 3.05) is 12.8 Å². The first kappa shape index (κ1) is 11.2. The minimum atomic E-state index is 0.585. The molecule has 0 saturated carbocycles. The molecule has 0 bridgehead atoms. The number of benzene rings is 2. The molecule has 2 aromatic carbocycles. The van der Waals surface area contributed by atoms with E-state index in [1.54, 1.807) is 13.2 Å². The highest BCUT2D eigenvalue weighted by atomic mass is 16.5. The molecule has 0 heterocycles. The monoisotopic (exact) mass is 227 g/mol. The number of hydrogen-bond donors (Lipinski definition) is 1. The first-order valence-electron chi connectivity index (χ1n) is 5.23. The molecule has 0 aliphatic rings. The van der Waals surface area contributed by atoms with Crippen molar-refractivity contribution in [2.24, 2.45) is 0 Å². The second-order valence-corrected chi connectivity index (χ2v) is 3.70. The van der Waals surface area contributed by atoms with E-state index < -0.39 is 0 Å². The van der Waals surface area contributed by atoms with Crippen LogP contribution in [0.2, 0.25) is 0 Å². The fourth-order valence-electron chi connectivity index (χ4n) is 1.71. The van der Waals surface area contributed by atoms with Gasteiger partial charge in [-0.15, -0.1) is 0 Å². The predicted octanol–water partition coefficient (Wildman–Crippen LogP) is 2.76. The van der Waals surface area contributed by atoms with E-state index in [2.05, 4.69) is 0 Å². The number of aldehydes is 1. The molecule has 0 aliphatic heterocycles. The molecule has 3 heteroatoms. The number of carbonyl (C=O) groups is 1. The van der Waals surface area contributed by atoms with Crippen molar-refractivity contribution in [1.82, 2.24) is 0 Å². The van der Waals surface area contributed by atoms with Crippen LogP contribution >= 0.6 is 0 Å². The average molecular weight is 227 g/mol. The quantitative estimate of drug-likeness (QED) is 0.648. The Morgan fingerprint density at radius 1 is 1.12 bits per heavy atom. The van der Waals surface area contributed by atoms with Crippen LogP contribution in [-0.4, -0.2) is 13.4 Å². The molecular formula is C14H13NO2. The van der Waals surface area contributed by atoms with Crippen LogP contribution in [0.5, 0.6) is 5.75 Å². The smallest absolute Gasteiger partial charge is 0.150 e. The van der Waals surface area contributed by atoms with Crippen molar-refractivity contribution < 1.29 is 9.53 Å². The van der Waals surface area contributed by atoms with E-state index in [0.717, 1.165) is 17.4 Å². The van der Waals surface area contributed by atoms with Crippen molar-refractivity contribution in [1.29, 1.82) is 0 Å². The van der Waals surface area contributed by atoms with Gasteiger partial charge in [0.1, 0.15) is 12.0 Å². The summed E-state index contributed by atoms with van der Waals surface area (Å²) in [5.41, 5.74) is 9.01. The summed E-state index contributed by atoms with van der Waals surface area (Å²) in [4.78, 5) is 10.7. The Labute approximate surface area is 99.8 Å².